The average Bonchev–Trinajstić information content (AvgIpc) is 2.66. The summed E-state index contributed by atoms with van der Waals surface area (Å²) in [7, 11) is -3.06. The van der Waals surface area contributed by atoms with Crippen LogP contribution in [0.5, 0.6) is 0 Å². The first-order valence-corrected chi connectivity index (χ1v) is 10.8. The van der Waals surface area contributed by atoms with Crippen molar-refractivity contribution in [2.24, 2.45) is 5.73 Å². The van der Waals surface area contributed by atoms with E-state index in [1.165, 1.54) is 4.90 Å². The number of primary amides is 1. The van der Waals surface area contributed by atoms with Crippen LogP contribution in [-0.2, 0) is 16.3 Å². The summed E-state index contributed by atoms with van der Waals surface area (Å²) in [6.45, 7) is 4.13. The summed E-state index contributed by atoms with van der Waals surface area (Å²) >= 11 is 0. The van der Waals surface area contributed by atoms with Crippen molar-refractivity contribution in [3.8, 4) is 11.1 Å². The Morgan fingerprint density at radius 1 is 1.26 bits per heavy atom. The van der Waals surface area contributed by atoms with Crippen LogP contribution in [0.1, 0.15) is 37.3 Å². The van der Waals surface area contributed by atoms with E-state index in [0.29, 0.717) is 12.4 Å². The number of sulfone groups is 1. The van der Waals surface area contributed by atoms with Gasteiger partial charge in [-0.3, -0.25) is 9.88 Å². The summed E-state index contributed by atoms with van der Waals surface area (Å²) in [4.78, 5) is 21.8. The van der Waals surface area contributed by atoms with Gasteiger partial charge in [-0.15, -0.1) is 0 Å². The third-order valence-electron chi connectivity index (χ3n) is 4.90. The molecule has 27 heavy (non-hydrogen) atoms. The van der Waals surface area contributed by atoms with Gasteiger partial charge in [0.25, 0.3) is 0 Å². The maximum Gasteiger partial charge on any atom is 0.320 e. The topological polar surface area (TPSA) is 106 Å². The van der Waals surface area contributed by atoms with E-state index in [1.54, 1.807) is 25.5 Å². The Morgan fingerprint density at radius 2 is 2.00 bits per heavy atom. The van der Waals surface area contributed by atoms with Crippen LogP contribution >= 0.6 is 0 Å². The molecular formula is C19H24N4O3S. The number of pyridine rings is 2. The fourth-order valence-corrected chi connectivity index (χ4v) is 4.51. The number of rotatable bonds is 5. The molecule has 0 radical (unpaired) electrons. The minimum atomic E-state index is -3.06. The first-order valence-electron chi connectivity index (χ1n) is 9.02. The zero-order valence-electron chi connectivity index (χ0n) is 15.6. The number of urea groups is 1. The Bertz CT molecular complexity index is 959. The molecule has 0 bridgehead atoms. The summed E-state index contributed by atoms with van der Waals surface area (Å²) in [5.74, 6) is 0.711. The molecule has 3 rings (SSSR count). The fourth-order valence-electron chi connectivity index (χ4n) is 3.32. The minimum Gasteiger partial charge on any atom is -0.351 e. The maximum absolute atomic E-state index is 11.9. The Kier molecular flexibility index (Phi) is 5.46. The highest BCUT2D eigenvalue weighted by molar-refractivity contribution is 7.91. The number of nitrogens with two attached hydrogens (primary N) is 1. The molecule has 0 saturated carbocycles. The fraction of sp³-hybridized carbons (Fsp3) is 0.421. The number of anilines is 1. The second kappa shape index (κ2) is 7.64. The van der Waals surface area contributed by atoms with Crippen LogP contribution in [0.2, 0.25) is 0 Å². The molecule has 144 valence electrons. The van der Waals surface area contributed by atoms with Crippen molar-refractivity contribution >= 4 is 21.7 Å². The van der Waals surface area contributed by atoms with E-state index in [-0.39, 0.29) is 17.4 Å². The van der Waals surface area contributed by atoms with Gasteiger partial charge in [-0.2, -0.15) is 0 Å². The number of carbonyl (C=O) groups excluding carboxylic acids is 1. The van der Waals surface area contributed by atoms with Crippen molar-refractivity contribution in [3.05, 3.63) is 41.9 Å². The smallest absolute Gasteiger partial charge is 0.320 e. The molecule has 0 fully saturated rings. The van der Waals surface area contributed by atoms with Crippen molar-refractivity contribution in [3.63, 3.8) is 0 Å². The van der Waals surface area contributed by atoms with Crippen molar-refractivity contribution in [1.29, 1.82) is 0 Å². The molecule has 0 spiro atoms. The molecule has 2 N–H and O–H groups in total. The zero-order chi connectivity index (χ0) is 19.6. The van der Waals surface area contributed by atoms with Crippen LogP contribution in [-0.4, -0.2) is 42.5 Å². The molecule has 0 saturated heterocycles. The molecule has 1 atom stereocenters. The van der Waals surface area contributed by atoms with E-state index in [0.717, 1.165) is 35.1 Å². The first kappa shape index (κ1) is 19.3. The van der Waals surface area contributed by atoms with Gasteiger partial charge in [0.05, 0.1) is 5.75 Å². The van der Waals surface area contributed by atoms with Crippen LogP contribution in [0, 0.1) is 0 Å². The highest BCUT2D eigenvalue weighted by Crippen LogP contribution is 2.30. The van der Waals surface area contributed by atoms with Crippen molar-refractivity contribution in [2.75, 3.05) is 23.0 Å². The lowest BCUT2D eigenvalue weighted by molar-refractivity contribution is 0.253. The molecule has 0 aliphatic carbocycles. The highest BCUT2D eigenvalue weighted by atomic mass is 32.2. The average molecular weight is 388 g/mol. The molecule has 2 aromatic heterocycles. The van der Waals surface area contributed by atoms with E-state index in [2.05, 4.69) is 9.97 Å². The summed E-state index contributed by atoms with van der Waals surface area (Å²) < 4.78 is 23.8. The predicted molar refractivity (Wildman–Crippen MR) is 105 cm³/mol. The SMILES string of the molecule is CCS(=O)(=O)CC(C)c1cncc(-c2cnc3c(c2)CCCN3C(N)=O)c1. The van der Waals surface area contributed by atoms with Crippen LogP contribution < -0.4 is 10.6 Å². The van der Waals surface area contributed by atoms with Gasteiger partial charge in [0, 0.05) is 42.0 Å². The standard InChI is InChI=1S/C19H24N4O3S/c1-3-27(25,26)12-13(2)15-8-16(10-21-9-15)17-7-14-5-4-6-23(19(20)24)18(14)22-11-17/h7-11,13H,3-6,12H2,1-2H3,(H2,20,24). The normalized spacial score (nSPS) is 15.3. The van der Waals surface area contributed by atoms with Crippen LogP contribution in [0.4, 0.5) is 10.6 Å². The lowest BCUT2D eigenvalue weighted by Gasteiger charge is -2.27. The number of hydrogen-bond acceptors (Lipinski definition) is 5. The predicted octanol–water partition coefficient (Wildman–Crippen LogP) is 2.51. The summed E-state index contributed by atoms with van der Waals surface area (Å²) in [6.07, 6.45) is 6.82. The van der Waals surface area contributed by atoms with E-state index in [1.807, 2.05) is 19.1 Å². The number of hydrogen-bond donors (Lipinski definition) is 1. The molecule has 8 heteroatoms. The van der Waals surface area contributed by atoms with Crippen LogP contribution in [0.25, 0.3) is 11.1 Å². The van der Waals surface area contributed by atoms with E-state index in [9.17, 15) is 13.2 Å². The number of amides is 2. The lowest BCUT2D eigenvalue weighted by atomic mass is 9.98. The third kappa shape index (κ3) is 4.27. The Hall–Kier alpha value is -2.48. The third-order valence-corrected chi connectivity index (χ3v) is 6.79. The first-order chi connectivity index (χ1) is 12.8. The van der Waals surface area contributed by atoms with Crippen molar-refractivity contribution < 1.29 is 13.2 Å². The second-order valence-corrected chi connectivity index (χ2v) is 9.30. The molecule has 7 nitrogen and oxygen atoms in total. The Labute approximate surface area is 159 Å². The van der Waals surface area contributed by atoms with Gasteiger partial charge >= 0.3 is 6.03 Å². The zero-order valence-corrected chi connectivity index (χ0v) is 16.4. The molecule has 2 amide bonds. The monoisotopic (exact) mass is 388 g/mol. The number of aromatic nitrogens is 2. The van der Waals surface area contributed by atoms with Gasteiger partial charge in [-0.1, -0.05) is 13.8 Å². The second-order valence-electron chi connectivity index (χ2n) is 6.91. The largest absolute Gasteiger partial charge is 0.351 e. The van der Waals surface area contributed by atoms with Gasteiger partial charge in [0.15, 0.2) is 9.84 Å². The molecule has 1 aliphatic heterocycles. The molecule has 1 aliphatic rings. The summed E-state index contributed by atoms with van der Waals surface area (Å²) in [5.41, 5.74) is 9.05. The van der Waals surface area contributed by atoms with Gasteiger partial charge in [-0.05, 0) is 42.0 Å². The van der Waals surface area contributed by atoms with Gasteiger partial charge < -0.3 is 5.73 Å². The number of fused-ring (bicyclic) bond motifs is 1. The minimum absolute atomic E-state index is 0.102. The van der Waals surface area contributed by atoms with Gasteiger partial charge in [0.1, 0.15) is 5.82 Å². The Morgan fingerprint density at radius 3 is 2.70 bits per heavy atom. The maximum atomic E-state index is 11.9. The number of carbonyl (C=O) groups is 1. The number of nitrogens with zero attached hydrogens (tertiary/aromatic N) is 3. The van der Waals surface area contributed by atoms with Crippen LogP contribution in [0.3, 0.4) is 0 Å². The quantitative estimate of drug-likeness (QED) is 0.847. The van der Waals surface area contributed by atoms with E-state index >= 15 is 0 Å². The molecular weight excluding hydrogens is 364 g/mol. The molecule has 2 aromatic rings. The number of aryl methyl sites for hydroxylation is 1. The van der Waals surface area contributed by atoms with E-state index < -0.39 is 15.9 Å². The molecule has 0 aromatic carbocycles. The van der Waals surface area contributed by atoms with Crippen LogP contribution in [0.15, 0.2) is 30.7 Å². The molecule has 3 heterocycles. The van der Waals surface area contributed by atoms with Crippen molar-refractivity contribution in [2.45, 2.75) is 32.6 Å². The summed E-state index contributed by atoms with van der Waals surface area (Å²) in [6, 6.07) is 3.47. The summed E-state index contributed by atoms with van der Waals surface area (Å²) in [5, 5.41) is 0. The molecule has 1 unspecified atom stereocenters. The Balaban J connectivity index is 1.91. The van der Waals surface area contributed by atoms with E-state index in [4.69, 9.17) is 5.73 Å². The highest BCUT2D eigenvalue weighted by Gasteiger charge is 2.23. The lowest BCUT2D eigenvalue weighted by Crippen LogP contribution is -2.40. The van der Waals surface area contributed by atoms with Crippen molar-refractivity contribution in [1.82, 2.24) is 9.97 Å². The van der Waals surface area contributed by atoms with Gasteiger partial charge in [0.2, 0.25) is 0 Å². The van der Waals surface area contributed by atoms with Gasteiger partial charge in [-0.25, -0.2) is 18.2 Å².